The zero-order valence-corrected chi connectivity index (χ0v) is 31.6. The van der Waals surface area contributed by atoms with Crippen LogP contribution in [-0.2, 0) is 43.4 Å². The standard InChI is InChI=1S/4C9H8O4.2Ti/c4*1-5-6(8(10)11)3-2-4-7(5)9(12)13;;/h4*2-4H,1H3,(H,10,11)(H,12,13);;/q;;;;2*+4/p-8. The van der Waals surface area contributed by atoms with Gasteiger partial charge in [0.2, 0.25) is 0 Å². The van der Waals surface area contributed by atoms with Crippen LogP contribution < -0.4 is 40.9 Å². The molecule has 0 unspecified atom stereocenters. The largest absolute Gasteiger partial charge is 4.00 e. The van der Waals surface area contributed by atoms with E-state index in [4.69, 9.17) is 0 Å². The summed E-state index contributed by atoms with van der Waals surface area (Å²) in [6.45, 7) is 5.60. The van der Waals surface area contributed by atoms with Crippen molar-refractivity contribution in [3.05, 3.63) is 140 Å². The van der Waals surface area contributed by atoms with E-state index >= 15 is 0 Å². The van der Waals surface area contributed by atoms with Crippen molar-refractivity contribution in [3.63, 3.8) is 0 Å². The Kier molecular flexibility index (Phi) is 21.3. The molecule has 16 nitrogen and oxygen atoms in total. The van der Waals surface area contributed by atoms with Gasteiger partial charge < -0.3 is 79.2 Å². The Morgan fingerprint density at radius 1 is 0.278 bits per heavy atom. The Morgan fingerprint density at radius 3 is 0.444 bits per heavy atom. The minimum Gasteiger partial charge on any atom is -0.545 e. The molecule has 18 heteroatoms. The molecule has 0 radical (unpaired) electrons. The number of carboxylic acids is 8. The SMILES string of the molecule is Cc1c(C(=O)[O-])cccc1C(=O)[O-].Cc1c(C(=O)[O-])cccc1C(=O)[O-].Cc1c(C(=O)[O-])cccc1C(=O)[O-].Cc1c(C(=O)[O-])cccc1C(=O)[O-].[Ti+4].[Ti+4]. The fourth-order valence-electron chi connectivity index (χ4n) is 4.31. The van der Waals surface area contributed by atoms with Crippen LogP contribution in [0.25, 0.3) is 0 Å². The summed E-state index contributed by atoms with van der Waals surface area (Å²) in [5.74, 6) is -11.1. The van der Waals surface area contributed by atoms with Crippen molar-refractivity contribution in [1.82, 2.24) is 0 Å². The molecule has 0 aliphatic heterocycles. The molecule has 0 bridgehead atoms. The molecule has 0 aliphatic carbocycles. The van der Waals surface area contributed by atoms with Crippen LogP contribution in [0.5, 0.6) is 0 Å². The molecule has 0 aliphatic rings. The van der Waals surface area contributed by atoms with E-state index in [0.29, 0.717) is 0 Å². The van der Waals surface area contributed by atoms with Crippen molar-refractivity contribution >= 4 is 47.8 Å². The summed E-state index contributed by atoms with van der Waals surface area (Å²) in [5, 5.41) is 83.8. The van der Waals surface area contributed by atoms with E-state index in [0.717, 1.165) is 0 Å². The Bertz CT molecular complexity index is 1650. The van der Waals surface area contributed by atoms with Gasteiger partial charge in [-0.25, -0.2) is 0 Å². The van der Waals surface area contributed by atoms with E-state index in [1.807, 2.05) is 0 Å². The molecule has 4 aromatic carbocycles. The number of hydrogen-bond acceptors (Lipinski definition) is 16. The summed E-state index contributed by atoms with van der Waals surface area (Å²) >= 11 is 0. The van der Waals surface area contributed by atoms with Gasteiger partial charge in [0.25, 0.3) is 0 Å². The third-order valence-corrected chi connectivity index (χ3v) is 7.09. The molecule has 0 N–H and O–H groups in total. The molecule has 0 fully saturated rings. The van der Waals surface area contributed by atoms with Gasteiger partial charge >= 0.3 is 43.4 Å². The van der Waals surface area contributed by atoms with E-state index in [2.05, 4.69) is 0 Å². The Labute approximate surface area is 336 Å². The third kappa shape index (κ3) is 13.9. The van der Waals surface area contributed by atoms with Gasteiger partial charge in [-0.3, -0.25) is 0 Å². The Balaban J connectivity index is 0. The fraction of sp³-hybridized carbons (Fsp3) is 0.111. The maximum Gasteiger partial charge on any atom is 4.00 e. The first-order valence-electron chi connectivity index (χ1n) is 14.2. The average Bonchev–Trinajstić information content (AvgIpc) is 3.05. The summed E-state index contributed by atoms with van der Waals surface area (Å²) in [5.41, 5.74) is -0.367. The van der Waals surface area contributed by atoms with Crippen LogP contribution in [-0.4, -0.2) is 47.8 Å². The average molecular weight is 808 g/mol. The van der Waals surface area contributed by atoms with Crippen molar-refractivity contribution in [1.29, 1.82) is 0 Å². The molecule has 0 atom stereocenters. The van der Waals surface area contributed by atoms with E-state index < -0.39 is 47.8 Å². The quantitative estimate of drug-likeness (QED) is 0.150. The van der Waals surface area contributed by atoms with Crippen molar-refractivity contribution in [3.8, 4) is 0 Å². The normalized spacial score (nSPS) is 9.26. The molecule has 4 aromatic rings. The number of carboxylic acid groups (broad SMARTS) is 8. The molecule has 0 spiro atoms. The van der Waals surface area contributed by atoms with Crippen molar-refractivity contribution in [2.45, 2.75) is 27.7 Å². The number of aromatic carboxylic acids is 8. The van der Waals surface area contributed by atoms with Gasteiger partial charge in [-0.15, -0.1) is 0 Å². The summed E-state index contributed by atoms with van der Waals surface area (Å²) in [6, 6.07) is 15.7. The topological polar surface area (TPSA) is 321 Å². The monoisotopic (exact) mass is 808 g/mol. The molecule has 0 saturated carbocycles. The van der Waals surface area contributed by atoms with Crippen molar-refractivity contribution in [2.75, 3.05) is 0 Å². The van der Waals surface area contributed by atoms with E-state index in [-0.39, 0.29) is 110 Å². The maximum atomic E-state index is 10.5. The van der Waals surface area contributed by atoms with Gasteiger partial charge in [0, 0.05) is 44.5 Å². The summed E-state index contributed by atoms with van der Waals surface area (Å²) in [4.78, 5) is 83.8. The van der Waals surface area contributed by atoms with Gasteiger partial charge in [-0.2, -0.15) is 0 Å². The van der Waals surface area contributed by atoms with Crippen LogP contribution in [0.1, 0.15) is 105 Å². The number of carbonyl (C=O) groups excluding carboxylic acids is 8. The minimum atomic E-state index is -1.39. The number of benzene rings is 4. The molecule has 0 amide bonds. The maximum absolute atomic E-state index is 10.5. The van der Waals surface area contributed by atoms with Gasteiger partial charge in [0.05, 0.1) is 47.8 Å². The minimum absolute atomic E-state index is 0. The molecule has 0 saturated heterocycles. The molecule has 4 rings (SSSR count). The van der Waals surface area contributed by atoms with Crippen LogP contribution in [0.2, 0.25) is 0 Å². The van der Waals surface area contributed by atoms with Gasteiger partial charge in [-0.05, 0) is 49.9 Å². The van der Waals surface area contributed by atoms with E-state index in [1.54, 1.807) is 0 Å². The first-order valence-corrected chi connectivity index (χ1v) is 14.2. The van der Waals surface area contributed by atoms with Crippen LogP contribution in [0, 0.1) is 27.7 Å². The molecule has 0 heterocycles. The second kappa shape index (κ2) is 22.9. The number of carbonyl (C=O) groups is 8. The molecule has 272 valence electrons. The third-order valence-electron chi connectivity index (χ3n) is 7.09. The van der Waals surface area contributed by atoms with Gasteiger partial charge in [0.1, 0.15) is 0 Å². The van der Waals surface area contributed by atoms with E-state index in [9.17, 15) is 79.2 Å². The number of hydrogen-bond donors (Lipinski definition) is 0. The molecule has 54 heavy (non-hydrogen) atoms. The predicted octanol–water partition coefficient (Wildman–Crippen LogP) is -5.12. The molecular weight excluding hydrogens is 784 g/mol. The molecular formula is C36H24O16Ti2. The van der Waals surface area contributed by atoms with E-state index in [1.165, 1.54) is 100 Å². The number of rotatable bonds is 8. The Hall–Kier alpha value is -5.93. The van der Waals surface area contributed by atoms with Crippen molar-refractivity contribution < 1.29 is 123 Å². The van der Waals surface area contributed by atoms with Crippen LogP contribution >= 0.6 is 0 Å². The zero-order chi connectivity index (χ0) is 40.0. The van der Waals surface area contributed by atoms with Gasteiger partial charge in [0.15, 0.2) is 0 Å². The summed E-state index contributed by atoms with van der Waals surface area (Å²) < 4.78 is 0. The first-order chi connectivity index (χ1) is 24.1. The smallest absolute Gasteiger partial charge is 0.545 e. The summed E-state index contributed by atoms with van der Waals surface area (Å²) in [7, 11) is 0. The fourth-order valence-corrected chi connectivity index (χ4v) is 4.31. The summed E-state index contributed by atoms with van der Waals surface area (Å²) in [6.07, 6.45) is 0. The molecule has 0 aromatic heterocycles. The predicted molar refractivity (Wildman–Crippen MR) is 159 cm³/mol. The van der Waals surface area contributed by atoms with Crippen LogP contribution in [0.15, 0.2) is 72.8 Å². The van der Waals surface area contributed by atoms with Crippen LogP contribution in [0.3, 0.4) is 0 Å². The Morgan fingerprint density at radius 2 is 0.370 bits per heavy atom. The van der Waals surface area contributed by atoms with Crippen LogP contribution in [0.4, 0.5) is 0 Å². The zero-order valence-electron chi connectivity index (χ0n) is 28.5. The second-order valence-corrected chi connectivity index (χ2v) is 10.2. The second-order valence-electron chi connectivity index (χ2n) is 10.2. The first kappa shape index (κ1) is 50.2. The van der Waals surface area contributed by atoms with Crippen molar-refractivity contribution in [2.24, 2.45) is 0 Å². The van der Waals surface area contributed by atoms with Gasteiger partial charge in [-0.1, -0.05) is 72.8 Å².